The molecule has 240 valence electrons. The van der Waals surface area contributed by atoms with Crippen molar-refractivity contribution < 1.29 is 24.5 Å². The Labute approximate surface area is 272 Å². The summed E-state index contributed by atoms with van der Waals surface area (Å²) < 4.78 is 5.74. The van der Waals surface area contributed by atoms with Crippen LogP contribution in [0.5, 0.6) is 0 Å². The molecular weight excluding hydrogens is 582 g/mol. The molecule has 45 heavy (non-hydrogen) atoms. The van der Waals surface area contributed by atoms with Crippen LogP contribution in [0.3, 0.4) is 0 Å². The van der Waals surface area contributed by atoms with Gasteiger partial charge in [0.2, 0.25) is 0 Å². The van der Waals surface area contributed by atoms with Crippen LogP contribution < -0.4 is 5.32 Å². The Morgan fingerprint density at radius 1 is 0.844 bits per heavy atom. The van der Waals surface area contributed by atoms with E-state index in [0.717, 1.165) is 27.8 Å². The number of hydrogen-bond acceptors (Lipinski definition) is 6. The Morgan fingerprint density at radius 2 is 1.42 bits per heavy atom. The number of rotatable bonds is 15. The van der Waals surface area contributed by atoms with Gasteiger partial charge in [-0.1, -0.05) is 130 Å². The third-order valence-electron chi connectivity index (χ3n) is 8.21. The zero-order valence-corrected chi connectivity index (χ0v) is 27.6. The molecule has 0 saturated heterocycles. The van der Waals surface area contributed by atoms with Crippen molar-refractivity contribution in [2.24, 2.45) is 17.8 Å². The van der Waals surface area contributed by atoms with Crippen LogP contribution in [0.25, 0.3) is 11.1 Å². The molecule has 0 spiro atoms. The van der Waals surface area contributed by atoms with Crippen LogP contribution in [0.15, 0.2) is 91.0 Å². The van der Waals surface area contributed by atoms with Crippen LogP contribution in [0.2, 0.25) is 0 Å². The average molecular weight is 630 g/mol. The van der Waals surface area contributed by atoms with Crippen molar-refractivity contribution in [3.8, 4) is 11.1 Å². The van der Waals surface area contributed by atoms with Gasteiger partial charge < -0.3 is 20.3 Å². The predicted molar refractivity (Wildman–Crippen MR) is 183 cm³/mol. The number of fused-ring (bicyclic) bond motifs is 3. The summed E-state index contributed by atoms with van der Waals surface area (Å²) in [6.07, 6.45) is 2.25. The maximum absolute atomic E-state index is 13.1. The molecule has 4 atom stereocenters. The van der Waals surface area contributed by atoms with Gasteiger partial charge in [0.05, 0.1) is 24.2 Å². The molecular formula is C38H47NO5S. The van der Waals surface area contributed by atoms with Gasteiger partial charge in [0.15, 0.2) is 5.12 Å². The smallest absolute Gasteiger partial charge is 0.407 e. The number of nitrogens with one attached hydrogen (secondary N) is 1. The minimum Gasteiger partial charge on any atom is -0.449 e. The molecule has 1 amide bonds. The van der Waals surface area contributed by atoms with Crippen LogP contribution in [0, 0.1) is 17.8 Å². The number of benzene rings is 3. The topological polar surface area (TPSA) is 95.9 Å². The zero-order chi connectivity index (χ0) is 32.3. The zero-order valence-electron chi connectivity index (χ0n) is 26.8. The van der Waals surface area contributed by atoms with E-state index in [1.54, 1.807) is 12.2 Å². The summed E-state index contributed by atoms with van der Waals surface area (Å²) in [6, 6.07) is 25.7. The lowest BCUT2D eigenvalue weighted by molar-refractivity contribution is -0.117. The SMILES string of the molecule is CC(C)C[C@H](C(=O)SCc1ccccc1)[C@H](O)/C=C\C[C@@H](O)[C@@H](CC(C)C)NC(=O)OCC1c2ccccc2-c2ccccc21. The molecule has 0 radical (unpaired) electrons. The van der Waals surface area contributed by atoms with Crippen LogP contribution in [0.4, 0.5) is 4.79 Å². The summed E-state index contributed by atoms with van der Waals surface area (Å²) in [6.45, 7) is 8.34. The first kappa shape index (κ1) is 34.5. The maximum atomic E-state index is 13.1. The van der Waals surface area contributed by atoms with Crippen molar-refractivity contribution in [1.82, 2.24) is 5.32 Å². The van der Waals surface area contributed by atoms with E-state index in [-0.39, 0.29) is 35.9 Å². The van der Waals surface area contributed by atoms with Gasteiger partial charge >= 0.3 is 6.09 Å². The Balaban J connectivity index is 1.33. The lowest BCUT2D eigenvalue weighted by atomic mass is 9.92. The number of aliphatic hydroxyl groups excluding tert-OH is 2. The number of amides is 1. The molecule has 0 fully saturated rings. The van der Waals surface area contributed by atoms with Gasteiger partial charge in [0.25, 0.3) is 0 Å². The third kappa shape index (κ3) is 9.80. The largest absolute Gasteiger partial charge is 0.449 e. The lowest BCUT2D eigenvalue weighted by Gasteiger charge is -2.25. The van der Waals surface area contributed by atoms with Crippen molar-refractivity contribution >= 4 is 23.0 Å². The fourth-order valence-electron chi connectivity index (χ4n) is 5.99. The first-order chi connectivity index (χ1) is 21.6. The monoisotopic (exact) mass is 629 g/mol. The Morgan fingerprint density at radius 3 is 2.02 bits per heavy atom. The number of thioether (sulfide) groups is 1. The van der Waals surface area contributed by atoms with E-state index in [0.29, 0.717) is 18.6 Å². The molecule has 3 aromatic carbocycles. The standard InChI is InChI=1S/C38H47NO5S/c1-25(2)21-32(37(42)45-24-27-13-6-5-7-14-27)35(40)19-12-20-36(41)34(22-26(3)4)39-38(43)44-23-33-30-17-10-8-15-28(30)29-16-9-11-18-31(29)33/h5-19,25-26,32-36,40-41H,20-24H2,1-4H3,(H,39,43)/b19-12-/t32-,34+,35+,36+/m0/s1. The molecule has 0 unspecified atom stereocenters. The third-order valence-corrected chi connectivity index (χ3v) is 9.28. The highest BCUT2D eigenvalue weighted by atomic mass is 32.2. The molecule has 1 aliphatic rings. The molecule has 0 saturated carbocycles. The first-order valence-corrected chi connectivity index (χ1v) is 17.0. The van der Waals surface area contributed by atoms with E-state index in [1.807, 2.05) is 82.3 Å². The second kappa shape index (κ2) is 16.8. The molecule has 1 aliphatic carbocycles. The van der Waals surface area contributed by atoms with Crippen molar-refractivity contribution in [3.05, 3.63) is 108 Å². The average Bonchev–Trinajstić information content (AvgIpc) is 3.34. The highest BCUT2D eigenvalue weighted by Gasteiger charge is 2.30. The Bertz CT molecular complexity index is 1380. The first-order valence-electron chi connectivity index (χ1n) is 16.0. The van der Waals surface area contributed by atoms with Crippen molar-refractivity contribution in [3.63, 3.8) is 0 Å². The fraction of sp³-hybridized carbons (Fsp3) is 0.421. The molecule has 4 rings (SSSR count). The summed E-state index contributed by atoms with van der Waals surface area (Å²) in [5.74, 6) is 0.428. The van der Waals surface area contributed by atoms with Crippen molar-refractivity contribution in [2.45, 2.75) is 76.9 Å². The molecule has 0 bridgehead atoms. The van der Waals surface area contributed by atoms with Gasteiger partial charge in [-0.2, -0.15) is 0 Å². The molecule has 0 heterocycles. The lowest BCUT2D eigenvalue weighted by Crippen LogP contribution is -2.44. The highest BCUT2D eigenvalue weighted by molar-refractivity contribution is 8.13. The number of carbonyl (C=O) groups excluding carboxylic acids is 2. The molecule has 0 aliphatic heterocycles. The summed E-state index contributed by atoms with van der Waals surface area (Å²) >= 11 is 1.23. The molecule has 0 aromatic heterocycles. The predicted octanol–water partition coefficient (Wildman–Crippen LogP) is 7.73. The van der Waals surface area contributed by atoms with Crippen molar-refractivity contribution in [2.75, 3.05) is 6.61 Å². The van der Waals surface area contributed by atoms with E-state index < -0.39 is 30.3 Å². The second-order valence-electron chi connectivity index (χ2n) is 12.8. The fourth-order valence-corrected chi connectivity index (χ4v) is 6.94. The van der Waals surface area contributed by atoms with Gasteiger partial charge in [0, 0.05) is 11.7 Å². The summed E-state index contributed by atoms with van der Waals surface area (Å²) in [5.41, 5.74) is 5.67. The quantitative estimate of drug-likeness (QED) is 0.149. The Hall–Kier alpha value is -3.39. The number of carbonyl (C=O) groups is 2. The second-order valence-corrected chi connectivity index (χ2v) is 13.7. The van der Waals surface area contributed by atoms with Gasteiger partial charge in [-0.3, -0.25) is 4.79 Å². The van der Waals surface area contributed by atoms with Crippen molar-refractivity contribution in [1.29, 1.82) is 0 Å². The van der Waals surface area contributed by atoms with Gasteiger partial charge in [0.1, 0.15) is 6.61 Å². The van der Waals surface area contributed by atoms with E-state index >= 15 is 0 Å². The number of hydrogen-bond donors (Lipinski definition) is 3. The number of alkyl carbamates (subject to hydrolysis) is 1. The molecule has 7 heteroatoms. The normalized spacial score (nSPS) is 15.5. The number of aliphatic hydroxyl groups is 2. The van der Waals surface area contributed by atoms with Crippen LogP contribution in [0.1, 0.15) is 69.6 Å². The van der Waals surface area contributed by atoms with Crippen LogP contribution in [-0.2, 0) is 15.3 Å². The minimum atomic E-state index is -0.964. The highest BCUT2D eigenvalue weighted by Crippen LogP contribution is 2.44. The minimum absolute atomic E-state index is 0.0418. The molecule has 6 nitrogen and oxygen atoms in total. The summed E-state index contributed by atoms with van der Waals surface area (Å²) in [5, 5.41) is 24.9. The summed E-state index contributed by atoms with van der Waals surface area (Å²) in [4.78, 5) is 26.1. The number of ether oxygens (including phenoxy) is 1. The van der Waals surface area contributed by atoms with Gasteiger partial charge in [-0.25, -0.2) is 4.79 Å². The van der Waals surface area contributed by atoms with Crippen LogP contribution >= 0.6 is 11.8 Å². The van der Waals surface area contributed by atoms with E-state index in [4.69, 9.17) is 4.74 Å². The van der Waals surface area contributed by atoms with E-state index in [2.05, 4.69) is 29.6 Å². The maximum Gasteiger partial charge on any atom is 0.407 e. The van der Waals surface area contributed by atoms with Crippen LogP contribution in [-0.4, -0.2) is 46.3 Å². The summed E-state index contributed by atoms with van der Waals surface area (Å²) in [7, 11) is 0. The van der Waals surface area contributed by atoms with Gasteiger partial charge in [-0.05, 0) is 58.9 Å². The Kier molecular flexibility index (Phi) is 12.9. The molecule has 3 N–H and O–H groups in total. The van der Waals surface area contributed by atoms with Gasteiger partial charge in [-0.15, -0.1) is 0 Å². The van der Waals surface area contributed by atoms with E-state index in [9.17, 15) is 19.8 Å². The van der Waals surface area contributed by atoms with E-state index in [1.165, 1.54) is 11.8 Å². The molecule has 3 aromatic rings.